The van der Waals surface area contributed by atoms with Crippen LogP contribution in [0.4, 0.5) is 11.4 Å². The van der Waals surface area contributed by atoms with Gasteiger partial charge in [-0.15, -0.1) is 0 Å². The summed E-state index contributed by atoms with van der Waals surface area (Å²) in [5.41, 5.74) is -0.691. The van der Waals surface area contributed by atoms with E-state index in [0.717, 1.165) is 32.1 Å². The molecule has 0 aromatic heterocycles. The van der Waals surface area contributed by atoms with Crippen LogP contribution in [0.3, 0.4) is 0 Å². The maximum atomic E-state index is 12.4. The van der Waals surface area contributed by atoms with Crippen LogP contribution in [-0.2, 0) is 14.3 Å². The van der Waals surface area contributed by atoms with Gasteiger partial charge in [-0.3, -0.25) is 19.7 Å². The van der Waals surface area contributed by atoms with Crippen molar-refractivity contribution in [3.63, 3.8) is 0 Å². The number of amides is 1. The topological polar surface area (TPSA) is 119 Å². The summed E-state index contributed by atoms with van der Waals surface area (Å²) < 4.78 is 5.16. The number of anilines is 1. The summed E-state index contributed by atoms with van der Waals surface area (Å²) in [6.07, 6.45) is 5.58. The number of rotatable bonds is 6. The van der Waals surface area contributed by atoms with Crippen LogP contribution >= 0.6 is 0 Å². The van der Waals surface area contributed by atoms with Gasteiger partial charge >= 0.3 is 5.97 Å². The van der Waals surface area contributed by atoms with Crippen molar-refractivity contribution >= 4 is 23.3 Å². The number of hydrogen-bond donors (Lipinski definition) is 2. The van der Waals surface area contributed by atoms with Crippen LogP contribution in [0.1, 0.15) is 44.9 Å². The molecule has 0 heterocycles. The molecule has 4 saturated carbocycles. The van der Waals surface area contributed by atoms with E-state index >= 15 is 0 Å². The first-order valence-corrected chi connectivity index (χ1v) is 9.67. The third-order valence-electron chi connectivity index (χ3n) is 6.38. The van der Waals surface area contributed by atoms with Crippen LogP contribution in [0.25, 0.3) is 0 Å². The number of nitro benzene ring substituents is 1. The van der Waals surface area contributed by atoms with Crippen LogP contribution in [0.2, 0.25) is 0 Å². The van der Waals surface area contributed by atoms with Gasteiger partial charge in [0.15, 0.2) is 6.61 Å². The zero-order valence-corrected chi connectivity index (χ0v) is 15.6. The van der Waals surface area contributed by atoms with E-state index in [1.807, 2.05) is 0 Å². The summed E-state index contributed by atoms with van der Waals surface area (Å²) in [5.74, 6) is -0.00910. The highest BCUT2D eigenvalue weighted by atomic mass is 16.6. The Hall–Kier alpha value is -2.48. The van der Waals surface area contributed by atoms with E-state index in [-0.39, 0.29) is 23.2 Å². The Morgan fingerprint density at radius 2 is 1.96 bits per heavy atom. The summed E-state index contributed by atoms with van der Waals surface area (Å²) in [4.78, 5) is 34.6. The fourth-order valence-corrected chi connectivity index (χ4v) is 6.01. The molecule has 2 unspecified atom stereocenters. The monoisotopic (exact) mass is 388 g/mol. The number of nitrogens with one attached hydrogen (secondary N) is 1. The van der Waals surface area contributed by atoms with Crippen molar-refractivity contribution in [3.05, 3.63) is 34.4 Å². The summed E-state index contributed by atoms with van der Waals surface area (Å²) in [6, 6.07) is 5.57. The van der Waals surface area contributed by atoms with Gasteiger partial charge in [0.05, 0.1) is 16.9 Å². The summed E-state index contributed by atoms with van der Waals surface area (Å²) >= 11 is 0. The summed E-state index contributed by atoms with van der Waals surface area (Å²) in [6.45, 7) is -0.436. The molecule has 8 heteroatoms. The van der Waals surface area contributed by atoms with Crippen LogP contribution in [0.5, 0.6) is 0 Å². The van der Waals surface area contributed by atoms with E-state index in [4.69, 9.17) is 4.74 Å². The molecule has 4 aliphatic rings. The SMILES string of the molecule is O=C(COC(=O)CC12C[C@@H]3C[C@@H](CC(O)(C3)C1)C2)Nc1cccc([N+](=O)[O-])c1. The lowest BCUT2D eigenvalue weighted by Crippen LogP contribution is -2.56. The molecule has 1 aromatic carbocycles. The molecule has 8 nitrogen and oxygen atoms in total. The zero-order valence-electron chi connectivity index (χ0n) is 15.6. The van der Waals surface area contributed by atoms with E-state index < -0.39 is 29.0 Å². The van der Waals surface area contributed by atoms with Gasteiger partial charge in [0.25, 0.3) is 11.6 Å². The van der Waals surface area contributed by atoms with Crippen molar-refractivity contribution in [2.75, 3.05) is 11.9 Å². The molecule has 2 N–H and O–H groups in total. The molecule has 0 radical (unpaired) electrons. The molecule has 150 valence electrons. The molecule has 4 fully saturated rings. The zero-order chi connectivity index (χ0) is 19.9. The van der Waals surface area contributed by atoms with Crippen molar-refractivity contribution in [2.45, 2.75) is 50.5 Å². The number of benzene rings is 1. The molecule has 4 atom stereocenters. The Morgan fingerprint density at radius 1 is 1.25 bits per heavy atom. The molecule has 4 bridgehead atoms. The summed E-state index contributed by atoms with van der Waals surface area (Å²) in [5, 5.41) is 24.0. The van der Waals surface area contributed by atoms with E-state index in [0.29, 0.717) is 18.3 Å². The predicted molar refractivity (Wildman–Crippen MR) is 99.4 cm³/mol. The fraction of sp³-hybridized carbons (Fsp3) is 0.600. The van der Waals surface area contributed by atoms with Crippen LogP contribution < -0.4 is 5.32 Å². The average Bonchev–Trinajstić information content (AvgIpc) is 2.57. The Labute approximate surface area is 162 Å². The molecule has 4 aliphatic carbocycles. The Kier molecular flexibility index (Phi) is 4.61. The van der Waals surface area contributed by atoms with Crippen molar-refractivity contribution in [1.82, 2.24) is 0 Å². The van der Waals surface area contributed by atoms with Gasteiger partial charge in [-0.2, -0.15) is 0 Å². The number of non-ortho nitro benzene ring substituents is 1. The van der Waals surface area contributed by atoms with Gasteiger partial charge in [0.2, 0.25) is 0 Å². The number of carbonyl (C=O) groups is 2. The minimum absolute atomic E-state index is 0.130. The molecule has 28 heavy (non-hydrogen) atoms. The summed E-state index contributed by atoms with van der Waals surface area (Å²) in [7, 11) is 0. The fourth-order valence-electron chi connectivity index (χ4n) is 6.01. The van der Waals surface area contributed by atoms with Crippen LogP contribution in [0, 0.1) is 27.4 Å². The van der Waals surface area contributed by atoms with E-state index in [1.54, 1.807) is 0 Å². The van der Waals surface area contributed by atoms with E-state index in [2.05, 4.69) is 5.32 Å². The van der Waals surface area contributed by atoms with Crippen LogP contribution in [-0.4, -0.2) is 34.1 Å². The number of hydrogen-bond acceptors (Lipinski definition) is 6. The first-order chi connectivity index (χ1) is 13.2. The first kappa shape index (κ1) is 18.9. The predicted octanol–water partition coefficient (Wildman–Crippen LogP) is 2.80. The quantitative estimate of drug-likeness (QED) is 0.439. The maximum Gasteiger partial charge on any atom is 0.306 e. The highest BCUT2D eigenvalue weighted by Crippen LogP contribution is 2.62. The largest absolute Gasteiger partial charge is 0.456 e. The third-order valence-corrected chi connectivity index (χ3v) is 6.38. The first-order valence-electron chi connectivity index (χ1n) is 9.67. The molecule has 1 aromatic rings. The van der Waals surface area contributed by atoms with Gasteiger partial charge in [0.1, 0.15) is 0 Å². The lowest BCUT2D eigenvalue weighted by Gasteiger charge is -2.60. The average molecular weight is 388 g/mol. The number of ether oxygens (including phenoxy) is 1. The van der Waals surface area contributed by atoms with Gasteiger partial charge in [-0.05, 0) is 61.8 Å². The smallest absolute Gasteiger partial charge is 0.306 e. The van der Waals surface area contributed by atoms with Crippen molar-refractivity contribution in [1.29, 1.82) is 0 Å². The highest BCUT2D eigenvalue weighted by Gasteiger charge is 2.57. The van der Waals surface area contributed by atoms with E-state index in [9.17, 15) is 24.8 Å². The molecular formula is C20H24N2O6. The Bertz CT molecular complexity index is 809. The number of nitro groups is 1. The third kappa shape index (κ3) is 3.87. The minimum atomic E-state index is -0.635. The normalized spacial score (nSPS) is 32.8. The standard InChI is InChI=1S/C20H24N2O6/c23-17(21-15-2-1-3-16(5-15)22(26)27)11-28-18(24)10-19-6-13-4-14(7-19)9-20(25,8-13)12-19/h1-3,5,13-14,25H,4,6-12H2,(H,21,23)/t13-,14+,19?,20?. The van der Waals surface area contributed by atoms with Gasteiger partial charge < -0.3 is 15.2 Å². The van der Waals surface area contributed by atoms with E-state index in [1.165, 1.54) is 24.3 Å². The second-order valence-electron chi connectivity index (χ2n) is 8.88. The maximum absolute atomic E-state index is 12.4. The number of nitrogens with zero attached hydrogens (tertiary/aromatic N) is 1. The second kappa shape index (κ2) is 6.84. The van der Waals surface area contributed by atoms with Crippen molar-refractivity contribution < 1.29 is 24.4 Å². The molecule has 5 rings (SSSR count). The number of esters is 1. The van der Waals surface area contributed by atoms with Gasteiger partial charge in [-0.1, -0.05) is 6.07 Å². The molecule has 0 saturated heterocycles. The Balaban J connectivity index is 1.30. The highest BCUT2D eigenvalue weighted by molar-refractivity contribution is 5.93. The van der Waals surface area contributed by atoms with Gasteiger partial charge in [0, 0.05) is 17.8 Å². The molecule has 1 amide bonds. The second-order valence-corrected chi connectivity index (χ2v) is 8.88. The Morgan fingerprint density at radius 3 is 2.61 bits per heavy atom. The van der Waals surface area contributed by atoms with Gasteiger partial charge in [-0.25, -0.2) is 0 Å². The molecule has 0 spiro atoms. The number of carbonyl (C=O) groups excluding carboxylic acids is 2. The minimum Gasteiger partial charge on any atom is -0.456 e. The lowest BCUT2D eigenvalue weighted by molar-refractivity contribution is -0.384. The lowest BCUT2D eigenvalue weighted by atomic mass is 9.47. The van der Waals surface area contributed by atoms with Crippen molar-refractivity contribution in [2.24, 2.45) is 17.3 Å². The molecule has 0 aliphatic heterocycles. The number of aliphatic hydroxyl groups is 1. The molecular weight excluding hydrogens is 364 g/mol. The van der Waals surface area contributed by atoms with Crippen LogP contribution in [0.15, 0.2) is 24.3 Å². The van der Waals surface area contributed by atoms with Crippen molar-refractivity contribution in [3.8, 4) is 0 Å².